The molecule has 0 saturated carbocycles. The van der Waals surface area contributed by atoms with Crippen molar-refractivity contribution in [2.24, 2.45) is 0 Å². The fourth-order valence-electron chi connectivity index (χ4n) is 3.65. The van der Waals surface area contributed by atoms with Crippen LogP contribution < -0.4 is 20.7 Å². The van der Waals surface area contributed by atoms with E-state index < -0.39 is 5.91 Å². The zero-order chi connectivity index (χ0) is 26.7. The maximum absolute atomic E-state index is 13.0. The lowest BCUT2D eigenvalue weighted by atomic mass is 10.1. The van der Waals surface area contributed by atoms with Crippen LogP contribution in [0.15, 0.2) is 108 Å². The summed E-state index contributed by atoms with van der Waals surface area (Å²) in [4.78, 5) is 25.4. The Labute approximate surface area is 235 Å². The summed E-state index contributed by atoms with van der Waals surface area (Å²) < 4.78 is 6.67. The van der Waals surface area contributed by atoms with Crippen LogP contribution in [0.5, 0.6) is 5.75 Å². The fraction of sp³-hybridized carbons (Fsp3) is 0.100. The van der Waals surface area contributed by atoms with Gasteiger partial charge in [-0.3, -0.25) is 14.9 Å². The van der Waals surface area contributed by atoms with Crippen molar-refractivity contribution in [1.29, 1.82) is 0 Å². The van der Waals surface area contributed by atoms with Crippen molar-refractivity contribution in [1.82, 2.24) is 10.6 Å². The molecule has 0 heterocycles. The predicted octanol–water partition coefficient (Wildman–Crippen LogP) is 6.13. The summed E-state index contributed by atoms with van der Waals surface area (Å²) in [7, 11) is 0. The van der Waals surface area contributed by atoms with Crippen LogP contribution >= 0.6 is 28.1 Å². The van der Waals surface area contributed by atoms with E-state index in [9.17, 15) is 9.59 Å². The number of benzene rings is 4. The van der Waals surface area contributed by atoms with Gasteiger partial charge in [0.25, 0.3) is 11.8 Å². The number of thiocarbonyl (C=S) groups is 1. The van der Waals surface area contributed by atoms with E-state index in [-0.39, 0.29) is 11.0 Å². The van der Waals surface area contributed by atoms with Crippen molar-refractivity contribution in [3.05, 3.63) is 130 Å². The molecular weight excluding hydrogens is 562 g/mol. The molecule has 0 aliphatic carbocycles. The average Bonchev–Trinajstić information content (AvgIpc) is 2.94. The molecule has 0 aliphatic rings. The Balaban J connectivity index is 1.30. The number of ether oxygens (including phenoxy) is 1. The Kier molecular flexibility index (Phi) is 9.61. The smallest absolute Gasteiger partial charge is 0.261 e. The molecular formula is C30H26BrN3O3S. The maximum atomic E-state index is 13.0. The minimum Gasteiger partial charge on any atom is -0.492 e. The first-order valence-electron chi connectivity index (χ1n) is 12.0. The topological polar surface area (TPSA) is 79.5 Å². The van der Waals surface area contributed by atoms with Gasteiger partial charge in [-0.15, -0.1) is 0 Å². The molecule has 0 fully saturated rings. The molecule has 38 heavy (non-hydrogen) atoms. The van der Waals surface area contributed by atoms with Crippen LogP contribution in [-0.2, 0) is 13.0 Å². The molecule has 0 aromatic heterocycles. The van der Waals surface area contributed by atoms with Crippen LogP contribution in [0.3, 0.4) is 0 Å². The summed E-state index contributed by atoms with van der Waals surface area (Å²) in [6.45, 7) is 0.878. The summed E-state index contributed by atoms with van der Waals surface area (Å²) in [6.07, 6.45) is 0.720. The van der Waals surface area contributed by atoms with Gasteiger partial charge in [-0.1, -0.05) is 76.6 Å². The minimum absolute atomic E-state index is 0.131. The van der Waals surface area contributed by atoms with Gasteiger partial charge in [0.1, 0.15) is 5.75 Å². The lowest BCUT2D eigenvalue weighted by molar-refractivity contribution is 0.0948. The number of anilines is 1. The van der Waals surface area contributed by atoms with Gasteiger partial charge >= 0.3 is 0 Å². The molecule has 4 aromatic rings. The molecule has 4 aromatic carbocycles. The number of halogens is 1. The standard InChI is InChI=1S/C30H26BrN3O3S/c31-24-13-16-27(37-18-17-21-7-3-1-4-8-21)26(19-24)29(36)34-30(38)33-25-14-11-23(12-15-25)28(35)32-20-22-9-5-2-6-10-22/h1-16,19H,17-18,20H2,(H,32,35)(H2,33,34,36,38). The normalized spacial score (nSPS) is 10.3. The Morgan fingerprint density at radius 3 is 2.13 bits per heavy atom. The molecule has 0 radical (unpaired) electrons. The highest BCUT2D eigenvalue weighted by Gasteiger charge is 2.15. The fourth-order valence-corrected chi connectivity index (χ4v) is 4.22. The molecule has 3 N–H and O–H groups in total. The van der Waals surface area contributed by atoms with Crippen molar-refractivity contribution in [2.75, 3.05) is 11.9 Å². The number of hydrogen-bond donors (Lipinski definition) is 3. The lowest BCUT2D eigenvalue weighted by Gasteiger charge is -2.14. The van der Waals surface area contributed by atoms with E-state index in [1.54, 1.807) is 36.4 Å². The van der Waals surface area contributed by atoms with Gasteiger partial charge in [0.15, 0.2) is 5.11 Å². The van der Waals surface area contributed by atoms with E-state index in [2.05, 4.69) is 31.9 Å². The van der Waals surface area contributed by atoms with Gasteiger partial charge in [-0.05, 0) is 65.8 Å². The van der Waals surface area contributed by atoms with E-state index in [0.717, 1.165) is 22.0 Å². The van der Waals surface area contributed by atoms with Gasteiger partial charge in [0.05, 0.1) is 12.2 Å². The average molecular weight is 589 g/mol. The van der Waals surface area contributed by atoms with Gasteiger partial charge in [-0.2, -0.15) is 0 Å². The minimum atomic E-state index is -0.393. The van der Waals surface area contributed by atoms with Crippen molar-refractivity contribution in [2.45, 2.75) is 13.0 Å². The van der Waals surface area contributed by atoms with Crippen LogP contribution in [0.4, 0.5) is 5.69 Å². The molecule has 0 saturated heterocycles. The molecule has 0 spiro atoms. The summed E-state index contributed by atoms with van der Waals surface area (Å²) in [5.74, 6) is -0.101. The highest BCUT2D eigenvalue weighted by atomic mass is 79.9. The number of nitrogens with one attached hydrogen (secondary N) is 3. The van der Waals surface area contributed by atoms with Crippen molar-refractivity contribution >= 4 is 50.8 Å². The molecule has 4 rings (SSSR count). The quantitative estimate of drug-likeness (QED) is 0.205. The van der Waals surface area contributed by atoms with Crippen LogP contribution in [0.2, 0.25) is 0 Å². The van der Waals surface area contributed by atoms with Crippen molar-refractivity contribution in [3.8, 4) is 5.75 Å². The summed E-state index contributed by atoms with van der Waals surface area (Å²) in [5.41, 5.74) is 3.70. The van der Waals surface area contributed by atoms with E-state index >= 15 is 0 Å². The number of hydrogen-bond acceptors (Lipinski definition) is 4. The zero-order valence-electron chi connectivity index (χ0n) is 20.4. The Bertz CT molecular complexity index is 1400. The summed E-state index contributed by atoms with van der Waals surface area (Å²) >= 11 is 8.76. The summed E-state index contributed by atoms with van der Waals surface area (Å²) in [6, 6.07) is 31.8. The third-order valence-corrected chi connectivity index (χ3v) is 6.30. The highest BCUT2D eigenvalue weighted by Crippen LogP contribution is 2.24. The van der Waals surface area contributed by atoms with Gasteiger partial charge < -0.3 is 15.4 Å². The number of carbonyl (C=O) groups is 2. The lowest BCUT2D eigenvalue weighted by Crippen LogP contribution is -2.34. The van der Waals surface area contributed by atoms with E-state index in [0.29, 0.717) is 35.7 Å². The molecule has 0 unspecified atom stereocenters. The van der Waals surface area contributed by atoms with E-state index in [4.69, 9.17) is 17.0 Å². The first-order valence-corrected chi connectivity index (χ1v) is 13.2. The zero-order valence-corrected chi connectivity index (χ0v) is 22.8. The maximum Gasteiger partial charge on any atom is 0.261 e. The van der Waals surface area contributed by atoms with Crippen LogP contribution in [-0.4, -0.2) is 23.5 Å². The van der Waals surface area contributed by atoms with Gasteiger partial charge in [0.2, 0.25) is 0 Å². The number of rotatable bonds is 9. The van der Waals surface area contributed by atoms with Crippen LogP contribution in [0.25, 0.3) is 0 Å². The van der Waals surface area contributed by atoms with Gasteiger partial charge in [-0.25, -0.2) is 0 Å². The number of amides is 2. The first kappa shape index (κ1) is 27.0. The molecule has 0 bridgehead atoms. The van der Waals surface area contributed by atoms with E-state index in [1.165, 1.54) is 0 Å². The Morgan fingerprint density at radius 1 is 0.789 bits per heavy atom. The van der Waals surface area contributed by atoms with Crippen molar-refractivity contribution in [3.63, 3.8) is 0 Å². The molecule has 0 atom stereocenters. The largest absolute Gasteiger partial charge is 0.492 e. The van der Waals surface area contributed by atoms with Gasteiger partial charge in [0, 0.05) is 28.7 Å². The molecule has 192 valence electrons. The second kappa shape index (κ2) is 13.5. The second-order valence-electron chi connectivity index (χ2n) is 8.38. The molecule has 0 aliphatic heterocycles. The van der Waals surface area contributed by atoms with Crippen molar-refractivity contribution < 1.29 is 14.3 Å². The third kappa shape index (κ3) is 7.99. The van der Waals surface area contributed by atoms with Crippen LogP contribution in [0, 0.1) is 0 Å². The van der Waals surface area contributed by atoms with E-state index in [1.807, 2.05) is 66.7 Å². The molecule has 8 heteroatoms. The Morgan fingerprint density at radius 2 is 1.45 bits per heavy atom. The predicted molar refractivity (Wildman–Crippen MR) is 158 cm³/mol. The Hall–Kier alpha value is -4.01. The summed E-state index contributed by atoms with van der Waals surface area (Å²) in [5, 5.41) is 8.70. The molecule has 6 nitrogen and oxygen atoms in total. The molecule has 2 amide bonds. The monoisotopic (exact) mass is 587 g/mol. The third-order valence-electron chi connectivity index (χ3n) is 5.61. The first-order chi connectivity index (χ1) is 18.5. The highest BCUT2D eigenvalue weighted by molar-refractivity contribution is 9.10. The number of carbonyl (C=O) groups excluding carboxylic acids is 2. The SMILES string of the molecule is O=C(NCc1ccccc1)c1ccc(NC(=S)NC(=O)c2cc(Br)ccc2OCCc2ccccc2)cc1. The second-order valence-corrected chi connectivity index (χ2v) is 9.70. The van der Waals surface area contributed by atoms with Crippen LogP contribution in [0.1, 0.15) is 31.8 Å².